The maximum atomic E-state index is 5.35. The summed E-state index contributed by atoms with van der Waals surface area (Å²) >= 11 is 0. The Morgan fingerprint density at radius 2 is 1.69 bits per heavy atom. The highest BCUT2D eigenvalue weighted by molar-refractivity contribution is 4.50. The average molecular weight is 188 g/mol. The zero-order chi connectivity index (χ0) is 9.78. The van der Waals surface area contributed by atoms with Crippen molar-refractivity contribution in [3.63, 3.8) is 0 Å². The third-order valence-corrected chi connectivity index (χ3v) is 1.72. The van der Waals surface area contributed by atoms with Crippen LogP contribution in [0.15, 0.2) is 0 Å². The van der Waals surface area contributed by atoms with Crippen LogP contribution in [0.25, 0.3) is 0 Å². The van der Waals surface area contributed by atoms with Crippen LogP contribution in [0.2, 0.25) is 0 Å². The van der Waals surface area contributed by atoms with Crippen molar-refractivity contribution in [2.45, 2.75) is 26.7 Å². The summed E-state index contributed by atoms with van der Waals surface area (Å²) in [6.07, 6.45) is 2.24. The molecule has 3 nitrogen and oxygen atoms in total. The van der Waals surface area contributed by atoms with E-state index in [2.05, 4.69) is 24.5 Å². The SMILES string of the molecule is CCCOCCCNCCNCC. The summed E-state index contributed by atoms with van der Waals surface area (Å²) in [7, 11) is 0. The highest BCUT2D eigenvalue weighted by Crippen LogP contribution is 1.83. The number of hydrogen-bond acceptors (Lipinski definition) is 3. The van der Waals surface area contributed by atoms with Gasteiger partial charge in [0.25, 0.3) is 0 Å². The molecule has 0 aliphatic rings. The monoisotopic (exact) mass is 188 g/mol. The van der Waals surface area contributed by atoms with Crippen LogP contribution in [-0.2, 0) is 4.74 Å². The summed E-state index contributed by atoms with van der Waals surface area (Å²) in [5, 5.41) is 6.62. The number of nitrogens with one attached hydrogen (secondary N) is 2. The molecule has 0 radical (unpaired) electrons. The van der Waals surface area contributed by atoms with Gasteiger partial charge in [0.05, 0.1) is 0 Å². The standard InChI is InChI=1S/C10H24N2O/c1-3-9-13-10-5-6-12-8-7-11-4-2/h11-12H,3-10H2,1-2H3. The number of ether oxygens (including phenoxy) is 1. The Kier molecular flexibility index (Phi) is 11.8. The van der Waals surface area contributed by atoms with Gasteiger partial charge in [0.15, 0.2) is 0 Å². The van der Waals surface area contributed by atoms with E-state index in [0.29, 0.717) is 0 Å². The first kappa shape index (κ1) is 12.9. The number of hydrogen-bond donors (Lipinski definition) is 2. The van der Waals surface area contributed by atoms with Crippen molar-refractivity contribution in [3.8, 4) is 0 Å². The van der Waals surface area contributed by atoms with E-state index in [1.165, 1.54) is 0 Å². The lowest BCUT2D eigenvalue weighted by molar-refractivity contribution is 0.132. The van der Waals surface area contributed by atoms with E-state index in [1.54, 1.807) is 0 Å². The van der Waals surface area contributed by atoms with E-state index < -0.39 is 0 Å². The van der Waals surface area contributed by atoms with Gasteiger partial charge in [-0.1, -0.05) is 13.8 Å². The third kappa shape index (κ3) is 11.9. The number of rotatable bonds is 10. The van der Waals surface area contributed by atoms with Crippen LogP contribution in [0.5, 0.6) is 0 Å². The molecule has 0 aromatic heterocycles. The lowest BCUT2D eigenvalue weighted by Gasteiger charge is -2.05. The summed E-state index contributed by atoms with van der Waals surface area (Å²) < 4.78 is 5.35. The van der Waals surface area contributed by atoms with Crippen molar-refractivity contribution >= 4 is 0 Å². The molecular formula is C10H24N2O. The molecule has 3 heteroatoms. The molecule has 0 aliphatic heterocycles. The predicted molar refractivity (Wildman–Crippen MR) is 57.1 cm³/mol. The van der Waals surface area contributed by atoms with Crippen LogP contribution in [0.1, 0.15) is 26.7 Å². The molecule has 0 aromatic rings. The largest absolute Gasteiger partial charge is 0.381 e. The summed E-state index contributed by atoms with van der Waals surface area (Å²) in [5.74, 6) is 0. The van der Waals surface area contributed by atoms with Gasteiger partial charge in [-0.25, -0.2) is 0 Å². The molecule has 0 amide bonds. The lowest BCUT2D eigenvalue weighted by Crippen LogP contribution is -2.28. The molecule has 0 spiro atoms. The van der Waals surface area contributed by atoms with Crippen LogP contribution in [0.3, 0.4) is 0 Å². The summed E-state index contributed by atoms with van der Waals surface area (Å²) in [6, 6.07) is 0. The summed E-state index contributed by atoms with van der Waals surface area (Å²) in [5.41, 5.74) is 0. The molecule has 0 saturated carbocycles. The maximum Gasteiger partial charge on any atom is 0.0478 e. The van der Waals surface area contributed by atoms with Gasteiger partial charge in [0, 0.05) is 26.3 Å². The van der Waals surface area contributed by atoms with Crippen LogP contribution in [0.4, 0.5) is 0 Å². The average Bonchev–Trinajstić information content (AvgIpc) is 2.16. The Morgan fingerprint density at radius 1 is 0.923 bits per heavy atom. The van der Waals surface area contributed by atoms with Crippen LogP contribution in [-0.4, -0.2) is 39.4 Å². The molecule has 0 fully saturated rings. The van der Waals surface area contributed by atoms with E-state index in [-0.39, 0.29) is 0 Å². The smallest absolute Gasteiger partial charge is 0.0478 e. The van der Waals surface area contributed by atoms with Gasteiger partial charge in [-0.2, -0.15) is 0 Å². The maximum absolute atomic E-state index is 5.35. The van der Waals surface area contributed by atoms with Crippen molar-refractivity contribution in [2.24, 2.45) is 0 Å². The third-order valence-electron chi connectivity index (χ3n) is 1.72. The van der Waals surface area contributed by atoms with Gasteiger partial charge in [0.2, 0.25) is 0 Å². The predicted octanol–water partition coefficient (Wildman–Crippen LogP) is 1.00. The molecule has 2 N–H and O–H groups in total. The Morgan fingerprint density at radius 3 is 2.38 bits per heavy atom. The first-order valence-corrected chi connectivity index (χ1v) is 5.41. The Labute approximate surface area is 82.2 Å². The number of likely N-dealkylation sites (N-methyl/N-ethyl adjacent to an activating group) is 1. The Bertz CT molecular complexity index is 79.0. The fraction of sp³-hybridized carbons (Fsp3) is 1.00. The second-order valence-electron chi connectivity index (χ2n) is 3.07. The molecule has 0 aliphatic carbocycles. The van der Waals surface area contributed by atoms with Crippen LogP contribution in [0, 0.1) is 0 Å². The fourth-order valence-electron chi connectivity index (χ4n) is 1.02. The van der Waals surface area contributed by atoms with Crippen molar-refractivity contribution in [1.82, 2.24) is 10.6 Å². The summed E-state index contributed by atoms with van der Waals surface area (Å²) in [4.78, 5) is 0. The first-order chi connectivity index (χ1) is 6.41. The Balaban J connectivity index is 2.76. The van der Waals surface area contributed by atoms with E-state index in [0.717, 1.165) is 52.2 Å². The molecule has 0 aromatic carbocycles. The van der Waals surface area contributed by atoms with Crippen molar-refractivity contribution in [2.75, 3.05) is 39.4 Å². The zero-order valence-corrected chi connectivity index (χ0v) is 9.07. The van der Waals surface area contributed by atoms with E-state index in [9.17, 15) is 0 Å². The molecule has 0 saturated heterocycles. The van der Waals surface area contributed by atoms with Crippen molar-refractivity contribution in [1.29, 1.82) is 0 Å². The molecule has 0 bridgehead atoms. The second kappa shape index (κ2) is 11.9. The minimum atomic E-state index is 0.891. The quantitative estimate of drug-likeness (QED) is 0.502. The highest BCUT2D eigenvalue weighted by Gasteiger charge is 1.88. The lowest BCUT2D eigenvalue weighted by atomic mass is 10.4. The first-order valence-electron chi connectivity index (χ1n) is 5.41. The van der Waals surface area contributed by atoms with Gasteiger partial charge in [-0.05, 0) is 25.9 Å². The van der Waals surface area contributed by atoms with Gasteiger partial charge in [0.1, 0.15) is 0 Å². The molecule has 13 heavy (non-hydrogen) atoms. The summed E-state index contributed by atoms with van der Waals surface area (Å²) in [6.45, 7) is 10.3. The van der Waals surface area contributed by atoms with E-state index in [1.807, 2.05) is 0 Å². The molecule has 80 valence electrons. The zero-order valence-electron chi connectivity index (χ0n) is 9.07. The van der Waals surface area contributed by atoms with Crippen molar-refractivity contribution in [3.05, 3.63) is 0 Å². The Hall–Kier alpha value is -0.120. The minimum Gasteiger partial charge on any atom is -0.381 e. The van der Waals surface area contributed by atoms with Gasteiger partial charge >= 0.3 is 0 Å². The van der Waals surface area contributed by atoms with Crippen molar-refractivity contribution < 1.29 is 4.74 Å². The minimum absolute atomic E-state index is 0.891. The second-order valence-corrected chi connectivity index (χ2v) is 3.07. The van der Waals surface area contributed by atoms with E-state index >= 15 is 0 Å². The molecule has 0 rings (SSSR count). The highest BCUT2D eigenvalue weighted by atomic mass is 16.5. The topological polar surface area (TPSA) is 33.3 Å². The van der Waals surface area contributed by atoms with Gasteiger partial charge in [-0.15, -0.1) is 0 Å². The van der Waals surface area contributed by atoms with E-state index in [4.69, 9.17) is 4.74 Å². The van der Waals surface area contributed by atoms with Gasteiger partial charge in [-0.3, -0.25) is 0 Å². The normalized spacial score (nSPS) is 10.6. The van der Waals surface area contributed by atoms with Crippen LogP contribution < -0.4 is 10.6 Å². The molecule has 0 unspecified atom stereocenters. The molecule has 0 atom stereocenters. The van der Waals surface area contributed by atoms with Gasteiger partial charge < -0.3 is 15.4 Å². The molecular weight excluding hydrogens is 164 g/mol. The van der Waals surface area contributed by atoms with Crippen LogP contribution >= 0.6 is 0 Å². The fourth-order valence-corrected chi connectivity index (χ4v) is 1.02. The molecule has 0 heterocycles.